The molecule has 0 aliphatic heterocycles. The fourth-order valence-corrected chi connectivity index (χ4v) is 9.71. The van der Waals surface area contributed by atoms with Crippen molar-refractivity contribution in [3.05, 3.63) is 12.2 Å². The second-order valence-electron chi connectivity index (χ2n) is 20.8. The zero-order valence-electron chi connectivity index (χ0n) is 44.1. The van der Waals surface area contributed by atoms with Crippen LogP contribution in [0.3, 0.4) is 0 Å². The average Bonchev–Trinajstić information content (AvgIpc) is 3.30. The summed E-state index contributed by atoms with van der Waals surface area (Å²) in [5, 5.41) is 23.4. The van der Waals surface area contributed by atoms with Crippen molar-refractivity contribution >= 4 is 5.91 Å². The van der Waals surface area contributed by atoms with Crippen molar-refractivity contribution in [2.75, 3.05) is 6.61 Å². The number of rotatable bonds is 56. The highest BCUT2D eigenvalue weighted by Crippen LogP contribution is 2.18. The van der Waals surface area contributed by atoms with Crippen molar-refractivity contribution in [3.8, 4) is 0 Å². The first-order chi connectivity index (χ1) is 31.7. The Labute approximate surface area is 403 Å². The summed E-state index contributed by atoms with van der Waals surface area (Å²) in [6.07, 6.45) is 73.6. The molecule has 0 aliphatic carbocycles. The summed E-state index contributed by atoms with van der Waals surface area (Å²) in [5.41, 5.74) is 0. The zero-order chi connectivity index (χ0) is 46.3. The van der Waals surface area contributed by atoms with Crippen molar-refractivity contribution in [2.45, 2.75) is 360 Å². The number of hydrogen-bond donors (Lipinski definition) is 3. The fraction of sp³-hybridized carbons (Fsp3) is 0.950. The minimum absolute atomic E-state index is 0.0235. The molecule has 0 aromatic heterocycles. The molecule has 0 saturated carbocycles. The summed E-state index contributed by atoms with van der Waals surface area (Å²) < 4.78 is 0. The molecule has 1 amide bonds. The van der Waals surface area contributed by atoms with E-state index in [1.807, 2.05) is 0 Å². The van der Waals surface area contributed by atoms with E-state index >= 15 is 0 Å². The van der Waals surface area contributed by atoms with E-state index < -0.39 is 12.1 Å². The molecule has 4 nitrogen and oxygen atoms in total. The Hall–Kier alpha value is -0.870. The van der Waals surface area contributed by atoms with Gasteiger partial charge in [0, 0.05) is 6.42 Å². The molecule has 3 N–H and O–H groups in total. The molecule has 0 aromatic carbocycles. The maximum Gasteiger partial charge on any atom is 0.220 e. The number of nitrogens with one attached hydrogen (secondary N) is 1. The van der Waals surface area contributed by atoms with Crippen LogP contribution in [0.2, 0.25) is 0 Å². The van der Waals surface area contributed by atoms with Crippen molar-refractivity contribution in [3.63, 3.8) is 0 Å². The quantitative estimate of drug-likeness (QED) is 0.0421. The van der Waals surface area contributed by atoms with Gasteiger partial charge in [-0.05, 0) is 38.5 Å². The van der Waals surface area contributed by atoms with E-state index in [1.54, 1.807) is 0 Å². The maximum absolute atomic E-state index is 12.5. The van der Waals surface area contributed by atoms with Crippen molar-refractivity contribution in [1.82, 2.24) is 5.32 Å². The Bertz CT molecular complexity index is 890. The highest BCUT2D eigenvalue weighted by Gasteiger charge is 2.20. The molecule has 382 valence electrons. The lowest BCUT2D eigenvalue weighted by atomic mass is 10.0. The summed E-state index contributed by atoms with van der Waals surface area (Å²) in [6.45, 7) is 4.40. The number of hydrogen-bond acceptors (Lipinski definition) is 3. The summed E-state index contributed by atoms with van der Waals surface area (Å²) in [7, 11) is 0. The summed E-state index contributed by atoms with van der Waals surface area (Å²) >= 11 is 0. The van der Waals surface area contributed by atoms with Crippen LogP contribution in [-0.2, 0) is 4.79 Å². The predicted octanol–water partition coefficient (Wildman–Crippen LogP) is 19.7. The highest BCUT2D eigenvalue weighted by atomic mass is 16.3. The number of unbranched alkanes of at least 4 members (excludes halogenated alkanes) is 47. The molecule has 0 spiro atoms. The molecule has 2 atom stereocenters. The number of amides is 1. The van der Waals surface area contributed by atoms with Crippen LogP contribution in [0.5, 0.6) is 0 Å². The maximum atomic E-state index is 12.5. The van der Waals surface area contributed by atoms with E-state index in [2.05, 4.69) is 31.3 Å². The minimum atomic E-state index is -0.657. The van der Waals surface area contributed by atoms with Crippen LogP contribution >= 0.6 is 0 Å². The number of aliphatic hydroxyl groups is 2. The lowest BCUT2D eigenvalue weighted by Gasteiger charge is -2.22. The molecular formula is C60H119NO3. The van der Waals surface area contributed by atoms with E-state index in [9.17, 15) is 15.0 Å². The minimum Gasteiger partial charge on any atom is -0.394 e. The van der Waals surface area contributed by atoms with Gasteiger partial charge in [0.2, 0.25) is 5.91 Å². The Morgan fingerprint density at radius 2 is 0.594 bits per heavy atom. The van der Waals surface area contributed by atoms with Gasteiger partial charge in [0.25, 0.3) is 0 Å². The van der Waals surface area contributed by atoms with Gasteiger partial charge >= 0.3 is 0 Å². The largest absolute Gasteiger partial charge is 0.394 e. The molecule has 64 heavy (non-hydrogen) atoms. The van der Waals surface area contributed by atoms with Crippen molar-refractivity contribution in [1.29, 1.82) is 0 Å². The third-order valence-corrected chi connectivity index (χ3v) is 14.3. The van der Waals surface area contributed by atoms with Crippen LogP contribution in [0, 0.1) is 0 Å². The Morgan fingerprint density at radius 1 is 0.359 bits per heavy atom. The molecule has 0 rings (SSSR count). The van der Waals surface area contributed by atoms with Gasteiger partial charge in [0.15, 0.2) is 0 Å². The van der Waals surface area contributed by atoms with Crippen LogP contribution < -0.4 is 5.32 Å². The standard InChI is InChI=1S/C60H119NO3/c1-3-5-7-9-11-13-15-17-19-21-23-25-26-27-28-29-30-31-32-33-34-35-36-38-40-42-44-46-48-50-52-54-56-60(64)61-58(57-62)59(63)55-53-51-49-47-45-43-41-39-37-24-22-20-18-16-14-12-10-8-6-4-2/h27-28,58-59,62-63H,3-26,29-57H2,1-2H3,(H,61,64)/b28-27-. The number of carbonyl (C=O) groups is 1. The smallest absolute Gasteiger partial charge is 0.220 e. The van der Waals surface area contributed by atoms with Gasteiger partial charge in [-0.3, -0.25) is 4.79 Å². The molecule has 0 bridgehead atoms. The van der Waals surface area contributed by atoms with E-state index in [-0.39, 0.29) is 12.5 Å². The lowest BCUT2D eigenvalue weighted by Crippen LogP contribution is -2.45. The first-order valence-electron chi connectivity index (χ1n) is 29.9. The fourth-order valence-electron chi connectivity index (χ4n) is 9.71. The Morgan fingerprint density at radius 3 is 0.859 bits per heavy atom. The van der Waals surface area contributed by atoms with Crippen LogP contribution in [-0.4, -0.2) is 34.9 Å². The third kappa shape index (κ3) is 52.1. The molecule has 4 heteroatoms. The van der Waals surface area contributed by atoms with Crippen LogP contribution in [0.1, 0.15) is 348 Å². The summed E-state index contributed by atoms with van der Waals surface area (Å²) in [5.74, 6) is -0.0235. The highest BCUT2D eigenvalue weighted by molar-refractivity contribution is 5.76. The van der Waals surface area contributed by atoms with Crippen molar-refractivity contribution in [2.24, 2.45) is 0 Å². The molecule has 2 unspecified atom stereocenters. The van der Waals surface area contributed by atoms with E-state index in [0.29, 0.717) is 12.8 Å². The number of allylic oxidation sites excluding steroid dienone is 2. The van der Waals surface area contributed by atoms with Gasteiger partial charge in [0.05, 0.1) is 18.8 Å². The average molecular weight is 903 g/mol. The molecule has 0 aliphatic rings. The first kappa shape index (κ1) is 63.1. The molecule has 0 fully saturated rings. The molecule has 0 heterocycles. The van der Waals surface area contributed by atoms with Gasteiger partial charge in [-0.15, -0.1) is 0 Å². The number of carbonyl (C=O) groups excluding carboxylic acids is 1. The second kappa shape index (κ2) is 56.5. The summed E-state index contributed by atoms with van der Waals surface area (Å²) in [6, 6.07) is -0.533. The van der Waals surface area contributed by atoms with Gasteiger partial charge in [0.1, 0.15) is 0 Å². The molecule has 0 radical (unpaired) electrons. The van der Waals surface area contributed by atoms with E-state index in [4.69, 9.17) is 0 Å². The Balaban J connectivity index is 3.39. The normalized spacial score (nSPS) is 12.8. The predicted molar refractivity (Wildman–Crippen MR) is 286 cm³/mol. The van der Waals surface area contributed by atoms with Crippen LogP contribution in [0.15, 0.2) is 12.2 Å². The topological polar surface area (TPSA) is 69.6 Å². The lowest BCUT2D eigenvalue weighted by molar-refractivity contribution is -0.123. The monoisotopic (exact) mass is 902 g/mol. The second-order valence-corrected chi connectivity index (χ2v) is 20.8. The first-order valence-corrected chi connectivity index (χ1v) is 29.9. The molecule has 0 aromatic rings. The zero-order valence-corrected chi connectivity index (χ0v) is 44.1. The SMILES string of the molecule is CCCCCCCCCCCCCC/C=C\CCCCCCCCCCCCCCCCCCC(=O)NC(CO)C(O)CCCCCCCCCCCCCCCCCCCCCC. The van der Waals surface area contributed by atoms with E-state index in [0.717, 1.165) is 25.7 Å². The van der Waals surface area contributed by atoms with Crippen LogP contribution in [0.25, 0.3) is 0 Å². The Kier molecular flexibility index (Phi) is 55.7. The summed E-state index contributed by atoms with van der Waals surface area (Å²) in [4.78, 5) is 12.5. The van der Waals surface area contributed by atoms with Crippen LogP contribution in [0.4, 0.5) is 0 Å². The van der Waals surface area contributed by atoms with Gasteiger partial charge in [-0.25, -0.2) is 0 Å². The van der Waals surface area contributed by atoms with Crippen molar-refractivity contribution < 1.29 is 15.0 Å². The number of aliphatic hydroxyl groups excluding tert-OH is 2. The van der Waals surface area contributed by atoms with Gasteiger partial charge in [-0.1, -0.05) is 315 Å². The van der Waals surface area contributed by atoms with Gasteiger partial charge < -0.3 is 15.5 Å². The van der Waals surface area contributed by atoms with Gasteiger partial charge in [-0.2, -0.15) is 0 Å². The third-order valence-electron chi connectivity index (χ3n) is 14.3. The molecular weight excluding hydrogens is 783 g/mol. The van der Waals surface area contributed by atoms with E-state index in [1.165, 1.54) is 295 Å². The molecule has 0 saturated heterocycles.